The minimum atomic E-state index is -0.143. The fourth-order valence-corrected chi connectivity index (χ4v) is 3.10. The van der Waals surface area contributed by atoms with E-state index in [-0.39, 0.29) is 18.4 Å². The third-order valence-corrected chi connectivity index (χ3v) is 4.53. The van der Waals surface area contributed by atoms with Gasteiger partial charge in [0.05, 0.1) is 31.5 Å². The van der Waals surface area contributed by atoms with E-state index >= 15 is 0 Å². The summed E-state index contributed by atoms with van der Waals surface area (Å²) in [6.07, 6.45) is 1.56. The van der Waals surface area contributed by atoms with Crippen molar-refractivity contribution in [2.75, 3.05) is 32.1 Å². The second-order valence-corrected chi connectivity index (χ2v) is 6.65. The molecule has 0 spiro atoms. The molecule has 0 atom stereocenters. The molecule has 0 saturated carbocycles. The van der Waals surface area contributed by atoms with Gasteiger partial charge in [-0.2, -0.15) is 4.98 Å². The number of likely N-dealkylation sites (tertiary alicyclic amines) is 1. The van der Waals surface area contributed by atoms with Crippen LogP contribution >= 0.6 is 11.6 Å². The van der Waals surface area contributed by atoms with Crippen LogP contribution in [0.25, 0.3) is 11.6 Å². The van der Waals surface area contributed by atoms with Crippen molar-refractivity contribution in [2.45, 2.75) is 5.92 Å². The fourth-order valence-electron chi connectivity index (χ4n) is 2.93. The average molecular weight is 389 g/mol. The van der Waals surface area contributed by atoms with E-state index in [2.05, 4.69) is 15.5 Å². The minimum absolute atomic E-state index is 0.106. The largest absolute Gasteiger partial charge is 0.495 e. The van der Waals surface area contributed by atoms with E-state index in [0.717, 1.165) is 0 Å². The number of nitrogens with zero attached hydrogens (tertiary/aromatic N) is 3. The maximum Gasteiger partial charge on any atom is 0.238 e. The number of aromatic nitrogens is 2. The lowest BCUT2D eigenvalue weighted by Crippen LogP contribution is -2.48. The molecule has 0 aliphatic carbocycles. The van der Waals surface area contributed by atoms with Crippen molar-refractivity contribution in [1.29, 1.82) is 0 Å². The van der Waals surface area contributed by atoms with Gasteiger partial charge >= 0.3 is 0 Å². The molecule has 9 heteroatoms. The number of hydrogen-bond donors (Lipinski definition) is 1. The van der Waals surface area contributed by atoms with Crippen LogP contribution in [0.1, 0.15) is 11.8 Å². The Kier molecular flexibility index (Phi) is 4.83. The Morgan fingerprint density at radius 1 is 1.41 bits per heavy atom. The summed E-state index contributed by atoms with van der Waals surface area (Å²) < 4.78 is 15.8. The number of furan rings is 1. The Morgan fingerprint density at radius 2 is 2.26 bits per heavy atom. The molecule has 140 valence electrons. The first-order chi connectivity index (χ1) is 13.1. The van der Waals surface area contributed by atoms with Crippen LogP contribution in [0.15, 0.2) is 45.5 Å². The summed E-state index contributed by atoms with van der Waals surface area (Å²) in [5, 5.41) is 7.28. The predicted octanol–water partition coefficient (Wildman–Crippen LogP) is 3.03. The van der Waals surface area contributed by atoms with E-state index in [1.165, 1.54) is 0 Å². The molecule has 8 nitrogen and oxygen atoms in total. The molecule has 1 fully saturated rings. The van der Waals surface area contributed by atoms with Crippen LogP contribution in [0.5, 0.6) is 5.75 Å². The molecule has 1 aromatic carbocycles. The Bertz CT molecular complexity index is 935. The second kappa shape index (κ2) is 7.42. The highest BCUT2D eigenvalue weighted by Gasteiger charge is 2.34. The number of anilines is 1. The third kappa shape index (κ3) is 3.81. The fraction of sp³-hybridized carbons (Fsp3) is 0.278. The van der Waals surface area contributed by atoms with Crippen molar-refractivity contribution in [2.24, 2.45) is 0 Å². The zero-order valence-electron chi connectivity index (χ0n) is 14.5. The average Bonchev–Trinajstić information content (AvgIpc) is 3.29. The van der Waals surface area contributed by atoms with Gasteiger partial charge in [0.25, 0.3) is 0 Å². The molecule has 1 aliphatic rings. The van der Waals surface area contributed by atoms with Crippen molar-refractivity contribution in [3.63, 3.8) is 0 Å². The summed E-state index contributed by atoms with van der Waals surface area (Å²) in [5.74, 6) is 2.07. The van der Waals surface area contributed by atoms with Crippen LogP contribution < -0.4 is 10.1 Å². The zero-order valence-corrected chi connectivity index (χ0v) is 15.3. The monoisotopic (exact) mass is 388 g/mol. The molecule has 3 heterocycles. The number of nitrogens with one attached hydrogen (secondary N) is 1. The number of carbonyl (C=O) groups excluding carboxylic acids is 1. The topological polar surface area (TPSA) is 93.6 Å². The highest BCUT2D eigenvalue weighted by molar-refractivity contribution is 6.31. The molecule has 1 amide bonds. The summed E-state index contributed by atoms with van der Waals surface area (Å²) >= 11 is 5.98. The standard InChI is InChI=1S/C18H17ClN4O4/c1-25-14-5-4-12(19)7-13(14)20-16(24)10-23-8-11(9-23)18-21-17(22-27-18)15-3-2-6-26-15/h2-7,11H,8-10H2,1H3,(H,20,24). The maximum atomic E-state index is 12.3. The van der Waals surface area contributed by atoms with E-state index in [4.69, 9.17) is 25.3 Å². The molecule has 0 bridgehead atoms. The van der Waals surface area contributed by atoms with Crippen molar-refractivity contribution in [1.82, 2.24) is 15.0 Å². The van der Waals surface area contributed by atoms with Gasteiger partial charge in [0.2, 0.25) is 17.6 Å². The molecule has 1 N–H and O–H groups in total. The summed E-state index contributed by atoms with van der Waals surface area (Å²) in [5.41, 5.74) is 0.548. The van der Waals surface area contributed by atoms with Gasteiger partial charge in [-0.15, -0.1) is 0 Å². The molecule has 2 aromatic heterocycles. The third-order valence-electron chi connectivity index (χ3n) is 4.29. The van der Waals surface area contributed by atoms with E-state index in [1.807, 2.05) is 4.90 Å². The number of methoxy groups -OCH3 is 1. The van der Waals surface area contributed by atoms with Crippen molar-refractivity contribution >= 4 is 23.2 Å². The SMILES string of the molecule is COc1ccc(Cl)cc1NC(=O)CN1CC(c2nc(-c3ccco3)no2)C1. The summed E-state index contributed by atoms with van der Waals surface area (Å²) in [4.78, 5) is 18.6. The Hall–Kier alpha value is -2.84. The van der Waals surface area contributed by atoms with Gasteiger partial charge in [-0.1, -0.05) is 16.8 Å². The lowest BCUT2D eigenvalue weighted by molar-refractivity contribution is -0.118. The van der Waals surface area contributed by atoms with Crippen LogP contribution in [0.2, 0.25) is 5.02 Å². The van der Waals surface area contributed by atoms with Crippen molar-refractivity contribution < 1.29 is 18.5 Å². The molecule has 0 unspecified atom stereocenters. The predicted molar refractivity (Wildman–Crippen MR) is 97.8 cm³/mol. The number of amides is 1. The molecular weight excluding hydrogens is 372 g/mol. The number of rotatable bonds is 6. The van der Waals surface area contributed by atoms with Gasteiger partial charge in [-0.3, -0.25) is 9.69 Å². The molecule has 0 radical (unpaired) electrons. The lowest BCUT2D eigenvalue weighted by Gasteiger charge is -2.36. The number of ether oxygens (including phenoxy) is 1. The number of hydrogen-bond acceptors (Lipinski definition) is 7. The van der Waals surface area contributed by atoms with Crippen LogP contribution in [0, 0.1) is 0 Å². The molecule has 27 heavy (non-hydrogen) atoms. The first-order valence-corrected chi connectivity index (χ1v) is 8.73. The van der Waals surface area contributed by atoms with E-state index in [9.17, 15) is 4.79 Å². The summed E-state index contributed by atoms with van der Waals surface area (Å²) in [6.45, 7) is 1.59. The smallest absolute Gasteiger partial charge is 0.238 e. The molecule has 4 rings (SSSR count). The van der Waals surface area contributed by atoms with Crippen molar-refractivity contribution in [3.05, 3.63) is 47.5 Å². The Labute approximate surface area is 160 Å². The Morgan fingerprint density at radius 3 is 3.00 bits per heavy atom. The van der Waals surface area contributed by atoms with Gasteiger partial charge in [0.15, 0.2) is 5.76 Å². The number of halogens is 1. The molecule has 1 saturated heterocycles. The molecule has 3 aromatic rings. The first kappa shape index (κ1) is 17.6. The molecular formula is C18H17ClN4O4. The highest BCUT2D eigenvalue weighted by atomic mass is 35.5. The summed E-state index contributed by atoms with van der Waals surface area (Å²) in [7, 11) is 1.54. The summed E-state index contributed by atoms with van der Waals surface area (Å²) in [6, 6.07) is 8.62. The van der Waals surface area contributed by atoms with E-state index in [1.54, 1.807) is 43.7 Å². The Balaban J connectivity index is 1.30. The van der Waals surface area contributed by atoms with Crippen LogP contribution in [-0.2, 0) is 4.79 Å². The normalized spacial score (nSPS) is 14.7. The quantitative estimate of drug-likeness (QED) is 0.693. The minimum Gasteiger partial charge on any atom is -0.495 e. The van der Waals surface area contributed by atoms with E-state index in [0.29, 0.717) is 47.0 Å². The van der Waals surface area contributed by atoms with Crippen LogP contribution in [-0.4, -0.2) is 47.7 Å². The number of benzene rings is 1. The lowest BCUT2D eigenvalue weighted by atomic mass is 10.0. The van der Waals surface area contributed by atoms with Crippen molar-refractivity contribution in [3.8, 4) is 17.3 Å². The second-order valence-electron chi connectivity index (χ2n) is 6.22. The first-order valence-electron chi connectivity index (χ1n) is 8.35. The maximum absolute atomic E-state index is 12.3. The van der Waals surface area contributed by atoms with Gasteiger partial charge in [0, 0.05) is 18.1 Å². The van der Waals surface area contributed by atoms with Gasteiger partial charge in [-0.05, 0) is 30.3 Å². The van der Waals surface area contributed by atoms with Gasteiger partial charge in [0.1, 0.15) is 5.75 Å². The van der Waals surface area contributed by atoms with Crippen LogP contribution in [0.4, 0.5) is 5.69 Å². The van der Waals surface area contributed by atoms with Crippen LogP contribution in [0.3, 0.4) is 0 Å². The van der Waals surface area contributed by atoms with Gasteiger partial charge in [-0.25, -0.2) is 0 Å². The van der Waals surface area contributed by atoms with Gasteiger partial charge < -0.3 is 19.0 Å². The van der Waals surface area contributed by atoms with E-state index < -0.39 is 0 Å². The molecule has 1 aliphatic heterocycles. The zero-order chi connectivity index (χ0) is 18.8. The number of carbonyl (C=O) groups is 1. The highest BCUT2D eigenvalue weighted by Crippen LogP contribution is 2.29.